The molecule has 9 heteroatoms. The summed E-state index contributed by atoms with van der Waals surface area (Å²) in [6, 6.07) is 0. The highest BCUT2D eigenvalue weighted by Crippen LogP contribution is 2.20. The van der Waals surface area contributed by atoms with Gasteiger partial charge in [0.15, 0.2) is 0 Å². The molecule has 1 aliphatic rings. The van der Waals surface area contributed by atoms with Crippen LogP contribution in [-0.4, -0.2) is 67.0 Å². The van der Waals surface area contributed by atoms with Crippen molar-refractivity contribution in [3.05, 3.63) is 5.82 Å². The maximum atomic E-state index is 12.1. The van der Waals surface area contributed by atoms with Crippen molar-refractivity contribution in [3.8, 4) is 0 Å². The molecule has 0 radical (unpaired) electrons. The Hall–Kier alpha value is -2.00. The Balaban J connectivity index is 2.01. The predicted molar refractivity (Wildman–Crippen MR) is 76.9 cm³/mol. The zero-order valence-corrected chi connectivity index (χ0v) is 12.7. The van der Waals surface area contributed by atoms with Gasteiger partial charge in [0.2, 0.25) is 5.95 Å². The number of aliphatic hydroxyl groups excluding tert-OH is 1. The van der Waals surface area contributed by atoms with E-state index in [1.807, 2.05) is 6.92 Å². The number of carbonyl (C=O) groups is 2. The van der Waals surface area contributed by atoms with E-state index in [9.17, 15) is 19.8 Å². The highest BCUT2D eigenvalue weighted by Gasteiger charge is 2.36. The van der Waals surface area contributed by atoms with Gasteiger partial charge in [-0.05, 0) is 12.8 Å². The summed E-state index contributed by atoms with van der Waals surface area (Å²) in [5.41, 5.74) is -1.34. The smallest absolute Gasteiger partial charge is 0.316 e. The summed E-state index contributed by atoms with van der Waals surface area (Å²) >= 11 is 0. The standard InChI is InChI=1S/C13H21N5O4/c1-3-9-14-12(16-17(9)2)15-10(20)11(21)18-6-4-5-13(22,7-18)8-19/h19,22H,3-8H2,1-2H3,(H,15,16,20). The molecule has 2 amide bonds. The molecule has 0 bridgehead atoms. The average Bonchev–Trinajstić information content (AvgIpc) is 2.86. The highest BCUT2D eigenvalue weighted by atomic mass is 16.3. The largest absolute Gasteiger partial charge is 0.393 e. The molecule has 1 saturated heterocycles. The second kappa shape index (κ2) is 6.41. The number of aromatic nitrogens is 3. The Morgan fingerprint density at radius 3 is 2.77 bits per heavy atom. The second-order valence-corrected chi connectivity index (χ2v) is 5.50. The molecule has 0 aromatic carbocycles. The molecule has 9 nitrogen and oxygen atoms in total. The van der Waals surface area contributed by atoms with Crippen molar-refractivity contribution in [2.24, 2.45) is 7.05 Å². The minimum Gasteiger partial charge on any atom is -0.393 e. The normalized spacial score (nSPS) is 21.7. The fourth-order valence-corrected chi connectivity index (χ4v) is 2.49. The number of aliphatic hydroxyl groups is 2. The summed E-state index contributed by atoms with van der Waals surface area (Å²) in [6.45, 7) is 1.76. The Morgan fingerprint density at radius 1 is 1.45 bits per heavy atom. The summed E-state index contributed by atoms with van der Waals surface area (Å²) in [5, 5.41) is 25.6. The lowest BCUT2D eigenvalue weighted by atomic mass is 9.94. The monoisotopic (exact) mass is 311 g/mol. The van der Waals surface area contributed by atoms with Gasteiger partial charge in [0, 0.05) is 20.0 Å². The van der Waals surface area contributed by atoms with E-state index in [1.54, 1.807) is 7.05 Å². The first kappa shape index (κ1) is 16.4. The lowest BCUT2D eigenvalue weighted by Crippen LogP contribution is -2.54. The molecule has 2 rings (SSSR count). The van der Waals surface area contributed by atoms with Crippen LogP contribution in [0, 0.1) is 0 Å². The van der Waals surface area contributed by atoms with E-state index in [1.165, 1.54) is 9.58 Å². The van der Waals surface area contributed by atoms with Crippen LogP contribution in [0.25, 0.3) is 0 Å². The van der Waals surface area contributed by atoms with Gasteiger partial charge in [-0.15, -0.1) is 5.10 Å². The van der Waals surface area contributed by atoms with E-state index in [4.69, 9.17) is 0 Å². The third-order valence-electron chi connectivity index (χ3n) is 3.73. The number of aryl methyl sites for hydroxylation is 2. The molecule has 3 N–H and O–H groups in total. The molecule has 0 saturated carbocycles. The maximum absolute atomic E-state index is 12.1. The molecule has 122 valence electrons. The van der Waals surface area contributed by atoms with Gasteiger partial charge in [-0.2, -0.15) is 4.98 Å². The van der Waals surface area contributed by atoms with Crippen LogP contribution in [0.1, 0.15) is 25.6 Å². The molecule has 1 fully saturated rings. The van der Waals surface area contributed by atoms with Gasteiger partial charge in [0.1, 0.15) is 11.4 Å². The van der Waals surface area contributed by atoms with Crippen molar-refractivity contribution in [1.29, 1.82) is 0 Å². The summed E-state index contributed by atoms with van der Waals surface area (Å²) in [7, 11) is 1.70. The second-order valence-electron chi connectivity index (χ2n) is 5.50. The van der Waals surface area contributed by atoms with Crippen LogP contribution in [0.15, 0.2) is 0 Å². The molecule has 1 unspecified atom stereocenters. The summed E-state index contributed by atoms with van der Waals surface area (Å²) < 4.78 is 1.53. The van der Waals surface area contributed by atoms with Crippen LogP contribution < -0.4 is 5.32 Å². The molecule has 1 aromatic heterocycles. The van der Waals surface area contributed by atoms with Crippen molar-refractivity contribution < 1.29 is 19.8 Å². The van der Waals surface area contributed by atoms with E-state index >= 15 is 0 Å². The number of likely N-dealkylation sites (tertiary alicyclic amines) is 1. The van der Waals surface area contributed by atoms with Gasteiger partial charge in [-0.25, -0.2) is 0 Å². The minimum absolute atomic E-state index is 0.0639. The maximum Gasteiger partial charge on any atom is 0.316 e. The van der Waals surface area contributed by atoms with Gasteiger partial charge in [0.25, 0.3) is 0 Å². The van der Waals surface area contributed by atoms with Crippen molar-refractivity contribution in [2.75, 3.05) is 25.0 Å². The molecular formula is C13H21N5O4. The number of rotatable bonds is 3. The van der Waals surface area contributed by atoms with E-state index in [0.29, 0.717) is 31.6 Å². The first-order valence-corrected chi connectivity index (χ1v) is 7.22. The molecule has 1 aliphatic heterocycles. The Kier molecular flexibility index (Phi) is 4.77. The van der Waals surface area contributed by atoms with E-state index in [0.717, 1.165) is 0 Å². The SMILES string of the molecule is CCc1nc(NC(=O)C(=O)N2CCCC(O)(CO)C2)nn1C. The Labute approximate surface area is 127 Å². The first-order valence-electron chi connectivity index (χ1n) is 7.22. The number of amides is 2. The molecule has 2 heterocycles. The van der Waals surface area contributed by atoms with E-state index in [2.05, 4.69) is 15.4 Å². The number of piperidine rings is 1. The summed E-state index contributed by atoms with van der Waals surface area (Å²) in [5.74, 6) is -0.852. The van der Waals surface area contributed by atoms with Gasteiger partial charge in [0.05, 0.1) is 13.2 Å². The van der Waals surface area contributed by atoms with Crippen molar-refractivity contribution in [2.45, 2.75) is 31.8 Å². The number of nitrogens with one attached hydrogen (secondary N) is 1. The third-order valence-corrected chi connectivity index (χ3v) is 3.73. The average molecular weight is 311 g/mol. The van der Waals surface area contributed by atoms with Gasteiger partial charge >= 0.3 is 11.8 Å². The number of nitrogens with zero attached hydrogens (tertiary/aromatic N) is 4. The molecule has 1 aromatic rings. The van der Waals surface area contributed by atoms with Crippen molar-refractivity contribution >= 4 is 17.8 Å². The molecule has 0 spiro atoms. The molecule has 22 heavy (non-hydrogen) atoms. The van der Waals surface area contributed by atoms with Gasteiger partial charge in [-0.1, -0.05) is 6.92 Å². The zero-order valence-electron chi connectivity index (χ0n) is 12.7. The lowest BCUT2D eigenvalue weighted by Gasteiger charge is -2.37. The third kappa shape index (κ3) is 3.42. The van der Waals surface area contributed by atoms with Crippen LogP contribution in [0.5, 0.6) is 0 Å². The van der Waals surface area contributed by atoms with Crippen LogP contribution >= 0.6 is 0 Å². The number of hydrogen-bond acceptors (Lipinski definition) is 6. The van der Waals surface area contributed by atoms with E-state index < -0.39 is 24.0 Å². The number of β-amino-alcohol motifs (C(OH)–C–C–N with tert-alkyl or cyclic N) is 1. The Bertz CT molecular complexity index is 573. The van der Waals surface area contributed by atoms with Gasteiger partial charge in [-0.3, -0.25) is 19.6 Å². The lowest BCUT2D eigenvalue weighted by molar-refractivity contribution is -0.149. The van der Waals surface area contributed by atoms with Crippen LogP contribution in [0.2, 0.25) is 0 Å². The zero-order chi connectivity index (χ0) is 16.3. The number of hydrogen-bond donors (Lipinski definition) is 3. The fourth-order valence-electron chi connectivity index (χ4n) is 2.49. The number of anilines is 1. The first-order chi connectivity index (χ1) is 10.4. The summed E-state index contributed by atoms with van der Waals surface area (Å²) in [6.07, 6.45) is 1.58. The topological polar surface area (TPSA) is 121 Å². The quantitative estimate of drug-likeness (QED) is 0.594. The van der Waals surface area contributed by atoms with Crippen LogP contribution in [0.4, 0.5) is 5.95 Å². The number of carbonyl (C=O) groups excluding carboxylic acids is 2. The molecular weight excluding hydrogens is 290 g/mol. The van der Waals surface area contributed by atoms with Crippen molar-refractivity contribution in [3.63, 3.8) is 0 Å². The summed E-state index contributed by atoms with van der Waals surface area (Å²) in [4.78, 5) is 29.4. The highest BCUT2D eigenvalue weighted by molar-refractivity contribution is 6.39. The van der Waals surface area contributed by atoms with Crippen molar-refractivity contribution in [1.82, 2.24) is 19.7 Å². The minimum atomic E-state index is -1.34. The van der Waals surface area contributed by atoms with Crippen LogP contribution in [0.3, 0.4) is 0 Å². The fraction of sp³-hybridized carbons (Fsp3) is 0.692. The van der Waals surface area contributed by atoms with E-state index in [-0.39, 0.29) is 12.5 Å². The predicted octanol–water partition coefficient (Wildman–Crippen LogP) is -1.34. The Morgan fingerprint density at radius 2 is 2.18 bits per heavy atom. The molecule has 0 aliphatic carbocycles. The van der Waals surface area contributed by atoms with Crippen LogP contribution in [-0.2, 0) is 23.1 Å². The molecule has 1 atom stereocenters. The van der Waals surface area contributed by atoms with Gasteiger partial charge < -0.3 is 15.1 Å².